The van der Waals surface area contributed by atoms with Crippen LogP contribution in [0.4, 0.5) is 0 Å². The van der Waals surface area contributed by atoms with E-state index in [1.165, 1.54) is 0 Å². The van der Waals surface area contributed by atoms with E-state index in [1.54, 1.807) is 24.3 Å². The largest absolute Gasteiger partial charge is 0.461 e. The summed E-state index contributed by atoms with van der Waals surface area (Å²) in [5.74, 6) is 0.264. The van der Waals surface area contributed by atoms with E-state index in [2.05, 4.69) is 55.4 Å². The van der Waals surface area contributed by atoms with Crippen molar-refractivity contribution in [3.8, 4) is 0 Å². The van der Waals surface area contributed by atoms with Crippen molar-refractivity contribution < 1.29 is 19.1 Å². The minimum Gasteiger partial charge on any atom is -0.461 e. The predicted octanol–water partition coefficient (Wildman–Crippen LogP) is 6.93. The normalized spacial score (nSPS) is 33.1. The van der Waals surface area contributed by atoms with Gasteiger partial charge >= 0.3 is 11.9 Å². The molecule has 0 radical (unpaired) electrons. The van der Waals surface area contributed by atoms with Crippen molar-refractivity contribution in [1.29, 1.82) is 0 Å². The average Bonchev–Trinajstić information content (AvgIpc) is 3.09. The zero-order valence-corrected chi connectivity index (χ0v) is 21.3. The van der Waals surface area contributed by atoms with Crippen LogP contribution in [0.25, 0.3) is 0 Å². The molecule has 32 heavy (non-hydrogen) atoms. The first kappa shape index (κ1) is 24.8. The van der Waals surface area contributed by atoms with Crippen molar-refractivity contribution in [2.75, 3.05) is 13.2 Å². The maximum atomic E-state index is 13.0. The Morgan fingerprint density at radius 3 is 1.38 bits per heavy atom. The van der Waals surface area contributed by atoms with Gasteiger partial charge in [0.25, 0.3) is 0 Å². The molecule has 4 nitrogen and oxygen atoms in total. The zero-order valence-electron chi connectivity index (χ0n) is 21.3. The Morgan fingerprint density at radius 1 is 0.750 bits per heavy atom. The first-order valence-corrected chi connectivity index (χ1v) is 12.2. The van der Waals surface area contributed by atoms with Gasteiger partial charge in [-0.15, -0.1) is 0 Å². The van der Waals surface area contributed by atoms with Gasteiger partial charge in [-0.05, 0) is 60.5 Å². The number of esters is 2. The van der Waals surface area contributed by atoms with Crippen LogP contribution in [0.15, 0.2) is 24.3 Å². The molecule has 4 heteroatoms. The fraction of sp³-hybridized carbons (Fsp3) is 0.714. The molecule has 0 N–H and O–H groups in total. The van der Waals surface area contributed by atoms with E-state index in [-0.39, 0.29) is 32.8 Å². The van der Waals surface area contributed by atoms with Gasteiger partial charge in [-0.1, -0.05) is 67.5 Å². The summed E-state index contributed by atoms with van der Waals surface area (Å²) >= 11 is 0. The lowest BCUT2D eigenvalue weighted by Gasteiger charge is -2.40. The molecule has 0 saturated heterocycles. The highest BCUT2D eigenvalue weighted by atomic mass is 16.5. The summed E-state index contributed by atoms with van der Waals surface area (Å²) in [6.45, 7) is 18.7. The molecule has 0 spiro atoms. The lowest BCUT2D eigenvalue weighted by molar-refractivity contribution is -0.00643. The number of carbonyl (C=O) groups excluding carboxylic acids is 2. The Bertz CT molecular complexity index is 799. The maximum absolute atomic E-state index is 13.0. The van der Waals surface area contributed by atoms with Crippen molar-refractivity contribution in [2.45, 2.75) is 81.1 Å². The molecule has 0 amide bonds. The maximum Gasteiger partial charge on any atom is 0.339 e. The van der Waals surface area contributed by atoms with Crippen LogP contribution in [-0.4, -0.2) is 25.2 Å². The molecule has 1 aromatic carbocycles. The summed E-state index contributed by atoms with van der Waals surface area (Å²) < 4.78 is 11.6. The van der Waals surface area contributed by atoms with E-state index in [0.29, 0.717) is 25.0 Å². The lowest BCUT2D eigenvalue weighted by Crippen LogP contribution is -2.38. The minimum atomic E-state index is -0.449. The molecule has 3 rings (SSSR count). The monoisotopic (exact) mass is 442 g/mol. The second-order valence-electron chi connectivity index (χ2n) is 12.1. The van der Waals surface area contributed by atoms with Crippen molar-refractivity contribution >= 4 is 11.9 Å². The summed E-state index contributed by atoms with van der Waals surface area (Å²) in [7, 11) is 0. The molecule has 0 aliphatic heterocycles. The first-order chi connectivity index (χ1) is 14.8. The standard InChI is InChI=1S/C28H42O4/c1-19-13-15-27(7,25(19,3)4)17-31-23(29)21-11-9-10-12-22(21)24(30)32-18-28(8)16-14-20(2)26(28,5)6/h9-12,19-20H,13-18H2,1-8H3/t19-,20-,27-,28-/m0/s1. The van der Waals surface area contributed by atoms with Gasteiger partial charge in [0.1, 0.15) is 0 Å². The number of hydrogen-bond acceptors (Lipinski definition) is 4. The van der Waals surface area contributed by atoms with Gasteiger partial charge < -0.3 is 9.47 Å². The Hall–Kier alpha value is -1.84. The summed E-state index contributed by atoms with van der Waals surface area (Å²) in [5.41, 5.74) is 0.607. The van der Waals surface area contributed by atoms with E-state index in [1.807, 2.05) is 0 Å². The summed E-state index contributed by atoms with van der Waals surface area (Å²) in [6.07, 6.45) is 4.34. The van der Waals surface area contributed by atoms with Crippen LogP contribution >= 0.6 is 0 Å². The van der Waals surface area contributed by atoms with Crippen LogP contribution in [0.3, 0.4) is 0 Å². The highest BCUT2D eigenvalue weighted by Gasteiger charge is 2.51. The average molecular weight is 443 g/mol. The molecule has 0 bridgehead atoms. The van der Waals surface area contributed by atoms with Crippen molar-refractivity contribution in [3.05, 3.63) is 35.4 Å². The number of rotatable bonds is 6. The Balaban J connectivity index is 1.69. The van der Waals surface area contributed by atoms with Crippen molar-refractivity contribution in [2.24, 2.45) is 33.5 Å². The van der Waals surface area contributed by atoms with Gasteiger partial charge in [0.05, 0.1) is 24.3 Å². The molecule has 1 aromatic rings. The van der Waals surface area contributed by atoms with Crippen molar-refractivity contribution in [1.82, 2.24) is 0 Å². The fourth-order valence-electron chi connectivity index (χ4n) is 5.59. The topological polar surface area (TPSA) is 52.6 Å². The van der Waals surface area contributed by atoms with Gasteiger partial charge in [0, 0.05) is 10.8 Å². The fourth-order valence-corrected chi connectivity index (χ4v) is 5.59. The van der Waals surface area contributed by atoms with Crippen LogP contribution in [0.5, 0.6) is 0 Å². The van der Waals surface area contributed by atoms with Crippen LogP contribution in [0, 0.1) is 33.5 Å². The van der Waals surface area contributed by atoms with Crippen LogP contribution in [0.1, 0.15) is 102 Å². The van der Waals surface area contributed by atoms with Crippen LogP contribution < -0.4 is 0 Å². The third-order valence-corrected chi connectivity index (χ3v) is 10.2. The second-order valence-corrected chi connectivity index (χ2v) is 12.1. The van der Waals surface area contributed by atoms with Gasteiger partial charge in [-0.2, -0.15) is 0 Å². The molecule has 4 atom stereocenters. The van der Waals surface area contributed by atoms with Gasteiger partial charge in [-0.3, -0.25) is 0 Å². The van der Waals surface area contributed by atoms with Crippen molar-refractivity contribution in [3.63, 3.8) is 0 Å². The molecule has 2 aliphatic rings. The smallest absolute Gasteiger partial charge is 0.339 e. The Kier molecular flexibility index (Phi) is 6.59. The van der Waals surface area contributed by atoms with Gasteiger partial charge in [0.15, 0.2) is 0 Å². The SMILES string of the molecule is C[C@H]1CC[C@@](C)(COC(=O)c2ccccc2C(=O)OC[C@]2(C)CC[C@H](C)C2(C)C)C1(C)C. The van der Waals surface area contributed by atoms with Gasteiger partial charge in [0.2, 0.25) is 0 Å². The molecular formula is C28H42O4. The molecule has 2 saturated carbocycles. The molecule has 2 fully saturated rings. The number of ether oxygens (including phenoxy) is 2. The molecule has 0 heterocycles. The number of carbonyl (C=O) groups is 2. The van der Waals surface area contributed by atoms with E-state index >= 15 is 0 Å². The second kappa shape index (κ2) is 8.50. The highest BCUT2D eigenvalue weighted by molar-refractivity contribution is 6.03. The number of hydrogen-bond donors (Lipinski definition) is 0. The van der Waals surface area contributed by atoms with E-state index < -0.39 is 11.9 Å². The third-order valence-electron chi connectivity index (χ3n) is 10.2. The molecule has 2 aliphatic carbocycles. The van der Waals surface area contributed by atoms with Gasteiger partial charge in [-0.25, -0.2) is 9.59 Å². The highest BCUT2D eigenvalue weighted by Crippen LogP contribution is 2.56. The van der Waals surface area contributed by atoms with Crippen LogP contribution in [-0.2, 0) is 9.47 Å². The lowest BCUT2D eigenvalue weighted by atomic mass is 9.66. The van der Waals surface area contributed by atoms with E-state index in [0.717, 1.165) is 25.7 Å². The number of benzene rings is 1. The molecule has 0 aromatic heterocycles. The third kappa shape index (κ3) is 4.10. The summed E-state index contributed by atoms with van der Waals surface area (Å²) in [4.78, 5) is 26.0. The Labute approximate surface area is 194 Å². The summed E-state index contributed by atoms with van der Waals surface area (Å²) in [6, 6.07) is 6.85. The van der Waals surface area contributed by atoms with Crippen LogP contribution in [0.2, 0.25) is 0 Å². The molecule has 178 valence electrons. The van der Waals surface area contributed by atoms with E-state index in [4.69, 9.17) is 9.47 Å². The molecular weight excluding hydrogens is 400 g/mol. The summed E-state index contributed by atoms with van der Waals surface area (Å²) in [5, 5.41) is 0. The Morgan fingerprint density at radius 2 is 1.09 bits per heavy atom. The predicted molar refractivity (Wildman–Crippen MR) is 128 cm³/mol. The zero-order chi connectivity index (χ0) is 23.9. The quantitative estimate of drug-likeness (QED) is 0.448. The van der Waals surface area contributed by atoms with E-state index in [9.17, 15) is 9.59 Å². The molecule has 0 unspecified atom stereocenters. The first-order valence-electron chi connectivity index (χ1n) is 12.2. The minimum absolute atomic E-state index is 0.0725.